The predicted octanol–water partition coefficient (Wildman–Crippen LogP) is 4.30. The van der Waals surface area contributed by atoms with Gasteiger partial charge in [-0.2, -0.15) is 0 Å². The van der Waals surface area contributed by atoms with Gasteiger partial charge in [0, 0.05) is 25.2 Å². The molecule has 1 atom stereocenters. The van der Waals surface area contributed by atoms with E-state index in [2.05, 4.69) is 18.7 Å². The van der Waals surface area contributed by atoms with Gasteiger partial charge in [0.05, 0.1) is 18.1 Å². The van der Waals surface area contributed by atoms with Gasteiger partial charge < -0.3 is 19.0 Å². The fourth-order valence-corrected chi connectivity index (χ4v) is 6.54. The van der Waals surface area contributed by atoms with E-state index in [0.29, 0.717) is 17.9 Å². The molecule has 0 N–H and O–H groups in total. The highest BCUT2D eigenvalue weighted by atomic mass is 32.2. The average Bonchev–Trinajstić information content (AvgIpc) is 3.42. The fourth-order valence-electron chi connectivity index (χ4n) is 4.81. The number of rotatable bonds is 8. The maximum Gasteiger partial charge on any atom is 0.261 e. The molecule has 1 unspecified atom stereocenters. The van der Waals surface area contributed by atoms with Gasteiger partial charge in [0.1, 0.15) is 11.5 Å². The molecule has 1 aromatic heterocycles. The summed E-state index contributed by atoms with van der Waals surface area (Å²) in [5.74, 6) is 2.31. The Hall–Kier alpha value is -2.48. The van der Waals surface area contributed by atoms with Crippen LogP contribution in [0.5, 0.6) is 5.75 Å². The molecule has 34 heavy (non-hydrogen) atoms. The van der Waals surface area contributed by atoms with Gasteiger partial charge in [0.15, 0.2) is 22.3 Å². The summed E-state index contributed by atoms with van der Waals surface area (Å²) >= 11 is 0. The summed E-state index contributed by atoms with van der Waals surface area (Å²) in [7, 11) is -3.14. The third-order valence-corrected chi connectivity index (χ3v) is 8.50. The van der Waals surface area contributed by atoms with Gasteiger partial charge >= 0.3 is 0 Å². The molecule has 0 spiro atoms. The van der Waals surface area contributed by atoms with E-state index in [9.17, 15) is 13.2 Å². The summed E-state index contributed by atoms with van der Waals surface area (Å²) in [5.41, 5.74) is 2.11. The van der Waals surface area contributed by atoms with E-state index in [1.807, 2.05) is 37.3 Å². The molecule has 0 radical (unpaired) electrons. The van der Waals surface area contributed by atoms with E-state index in [0.717, 1.165) is 42.9 Å². The first kappa shape index (κ1) is 24.6. The molecule has 8 heteroatoms. The Kier molecular flexibility index (Phi) is 7.55. The van der Waals surface area contributed by atoms with Gasteiger partial charge in [-0.1, -0.05) is 26.0 Å². The SMILES string of the molecule is Cc1ccc(C(C)C)c(OCC(=O)N(Cc2ccc(N3CCCCC3)o2)C2CCS(=O)(=O)C2)c1. The van der Waals surface area contributed by atoms with Crippen LogP contribution in [-0.2, 0) is 21.2 Å². The normalized spacial score (nSPS) is 20.0. The largest absolute Gasteiger partial charge is 0.483 e. The lowest BCUT2D eigenvalue weighted by molar-refractivity contribution is -0.136. The van der Waals surface area contributed by atoms with Crippen molar-refractivity contribution in [2.75, 3.05) is 36.1 Å². The van der Waals surface area contributed by atoms with Crippen LogP contribution >= 0.6 is 0 Å². The van der Waals surface area contributed by atoms with Crippen LogP contribution in [0.1, 0.15) is 62.3 Å². The molecule has 2 aliphatic rings. The lowest BCUT2D eigenvalue weighted by Gasteiger charge is -2.28. The Labute approximate surface area is 203 Å². The minimum Gasteiger partial charge on any atom is -0.483 e. The maximum absolute atomic E-state index is 13.3. The summed E-state index contributed by atoms with van der Waals surface area (Å²) < 4.78 is 36.4. The molecule has 3 heterocycles. The average molecular weight is 489 g/mol. The Morgan fingerprint density at radius 3 is 2.62 bits per heavy atom. The van der Waals surface area contributed by atoms with E-state index in [-0.39, 0.29) is 42.5 Å². The fraction of sp³-hybridized carbons (Fsp3) is 0.577. The summed E-state index contributed by atoms with van der Waals surface area (Å²) in [6, 6.07) is 9.50. The van der Waals surface area contributed by atoms with Gasteiger partial charge in [-0.05, 0) is 61.8 Å². The number of amides is 1. The first-order chi connectivity index (χ1) is 16.2. The molecule has 2 aliphatic heterocycles. The number of aryl methyl sites for hydroxylation is 1. The third-order valence-electron chi connectivity index (χ3n) is 6.75. The Bertz CT molecular complexity index is 1100. The zero-order valence-corrected chi connectivity index (χ0v) is 21.3. The smallest absolute Gasteiger partial charge is 0.261 e. The molecule has 2 saturated heterocycles. The van der Waals surface area contributed by atoms with E-state index < -0.39 is 9.84 Å². The van der Waals surface area contributed by atoms with Crippen molar-refractivity contribution in [3.05, 3.63) is 47.2 Å². The van der Waals surface area contributed by atoms with Crippen LogP contribution in [0.3, 0.4) is 0 Å². The first-order valence-corrected chi connectivity index (χ1v) is 14.1. The van der Waals surface area contributed by atoms with Gasteiger partial charge in [-0.15, -0.1) is 0 Å². The quantitative estimate of drug-likeness (QED) is 0.551. The van der Waals surface area contributed by atoms with E-state index in [1.54, 1.807) is 4.90 Å². The van der Waals surface area contributed by atoms with Crippen LogP contribution in [-0.4, -0.2) is 56.5 Å². The molecule has 7 nitrogen and oxygen atoms in total. The zero-order valence-electron chi connectivity index (χ0n) is 20.5. The number of anilines is 1. The third kappa shape index (κ3) is 5.95. The van der Waals surface area contributed by atoms with Crippen LogP contribution in [0.2, 0.25) is 0 Å². The van der Waals surface area contributed by atoms with Crippen LogP contribution in [0.25, 0.3) is 0 Å². The lowest BCUT2D eigenvalue weighted by Crippen LogP contribution is -2.43. The highest BCUT2D eigenvalue weighted by Crippen LogP contribution is 2.29. The predicted molar refractivity (Wildman–Crippen MR) is 133 cm³/mol. The molecule has 1 amide bonds. The second-order valence-electron chi connectivity index (χ2n) is 9.85. The minimum absolute atomic E-state index is 0.0138. The molecule has 2 aromatic rings. The highest BCUT2D eigenvalue weighted by molar-refractivity contribution is 7.91. The second kappa shape index (κ2) is 10.4. The summed E-state index contributed by atoms with van der Waals surface area (Å²) in [4.78, 5) is 17.2. The topological polar surface area (TPSA) is 80.1 Å². The minimum atomic E-state index is -3.14. The number of carbonyl (C=O) groups is 1. The van der Waals surface area contributed by atoms with Crippen molar-refractivity contribution in [2.45, 2.75) is 65.0 Å². The number of hydrogen-bond donors (Lipinski definition) is 0. The highest BCUT2D eigenvalue weighted by Gasteiger charge is 2.35. The number of piperidine rings is 1. The van der Waals surface area contributed by atoms with E-state index >= 15 is 0 Å². The number of furan rings is 1. The number of hydrogen-bond acceptors (Lipinski definition) is 6. The van der Waals surface area contributed by atoms with Crippen molar-refractivity contribution < 1.29 is 22.4 Å². The summed E-state index contributed by atoms with van der Waals surface area (Å²) in [6.07, 6.45) is 3.97. The number of sulfone groups is 1. The van der Waals surface area contributed by atoms with Crippen molar-refractivity contribution in [3.63, 3.8) is 0 Å². The monoisotopic (exact) mass is 488 g/mol. The maximum atomic E-state index is 13.3. The molecule has 4 rings (SSSR count). The van der Waals surface area contributed by atoms with Crippen molar-refractivity contribution in [3.8, 4) is 5.75 Å². The number of benzene rings is 1. The molecule has 0 bridgehead atoms. The lowest BCUT2D eigenvalue weighted by atomic mass is 10.0. The Morgan fingerprint density at radius 2 is 1.94 bits per heavy atom. The molecule has 2 fully saturated rings. The molecule has 1 aromatic carbocycles. The number of carbonyl (C=O) groups excluding carboxylic acids is 1. The van der Waals surface area contributed by atoms with Gasteiger partial charge in [0.25, 0.3) is 5.91 Å². The molecular formula is C26H36N2O5S. The Morgan fingerprint density at radius 1 is 1.18 bits per heavy atom. The standard InChI is InChI=1S/C26H36N2O5S/c1-19(2)23-9-7-20(3)15-24(23)32-17-25(29)28(21-11-14-34(30,31)18-21)16-22-8-10-26(33-22)27-12-5-4-6-13-27/h7-10,15,19,21H,4-6,11-14,16-18H2,1-3H3. The first-order valence-electron chi connectivity index (χ1n) is 12.3. The molecule has 186 valence electrons. The van der Waals surface area contributed by atoms with Gasteiger partial charge in [0.2, 0.25) is 0 Å². The van der Waals surface area contributed by atoms with Crippen molar-refractivity contribution in [1.82, 2.24) is 4.90 Å². The Balaban J connectivity index is 1.49. The number of ether oxygens (including phenoxy) is 1. The number of nitrogens with zero attached hydrogens (tertiary/aromatic N) is 2. The van der Waals surface area contributed by atoms with Crippen LogP contribution in [0.15, 0.2) is 34.7 Å². The molecular weight excluding hydrogens is 452 g/mol. The molecule has 0 saturated carbocycles. The van der Waals surface area contributed by atoms with Crippen molar-refractivity contribution in [2.24, 2.45) is 0 Å². The van der Waals surface area contributed by atoms with Crippen molar-refractivity contribution >= 4 is 21.6 Å². The van der Waals surface area contributed by atoms with Crippen LogP contribution < -0.4 is 9.64 Å². The van der Waals surface area contributed by atoms with Crippen molar-refractivity contribution in [1.29, 1.82) is 0 Å². The second-order valence-corrected chi connectivity index (χ2v) is 12.1. The van der Waals surface area contributed by atoms with Crippen LogP contribution in [0, 0.1) is 6.92 Å². The van der Waals surface area contributed by atoms with Crippen LogP contribution in [0.4, 0.5) is 5.88 Å². The van der Waals surface area contributed by atoms with E-state index in [4.69, 9.17) is 9.15 Å². The molecule has 0 aliphatic carbocycles. The zero-order chi connectivity index (χ0) is 24.3. The van der Waals surface area contributed by atoms with Gasteiger partial charge in [-0.25, -0.2) is 8.42 Å². The van der Waals surface area contributed by atoms with E-state index in [1.165, 1.54) is 6.42 Å². The van der Waals surface area contributed by atoms with Gasteiger partial charge in [-0.3, -0.25) is 4.79 Å². The summed E-state index contributed by atoms with van der Waals surface area (Å²) in [6.45, 7) is 8.21. The summed E-state index contributed by atoms with van der Waals surface area (Å²) in [5, 5.41) is 0.